The van der Waals surface area contributed by atoms with Crippen LogP contribution in [0.4, 0.5) is 0 Å². The van der Waals surface area contributed by atoms with Gasteiger partial charge < -0.3 is 25.7 Å². The molecule has 8 nitrogen and oxygen atoms in total. The Morgan fingerprint density at radius 3 is 2.73 bits per heavy atom. The van der Waals surface area contributed by atoms with Gasteiger partial charge in [-0.15, -0.1) is 11.8 Å². The van der Waals surface area contributed by atoms with E-state index in [2.05, 4.69) is 10.6 Å². The average Bonchev–Trinajstić information content (AvgIpc) is 3.08. The van der Waals surface area contributed by atoms with Crippen molar-refractivity contribution in [2.24, 2.45) is 11.8 Å². The molecule has 0 aromatic heterocycles. The van der Waals surface area contributed by atoms with E-state index in [-0.39, 0.29) is 40.8 Å². The zero-order valence-corrected chi connectivity index (χ0v) is 15.9. The molecule has 6 atom stereocenters. The van der Waals surface area contributed by atoms with E-state index in [9.17, 15) is 24.6 Å². The molecule has 4 N–H and O–H groups in total. The van der Waals surface area contributed by atoms with Crippen LogP contribution in [0.5, 0.6) is 0 Å². The third kappa shape index (κ3) is 3.23. The molecule has 26 heavy (non-hydrogen) atoms. The average molecular weight is 383 g/mol. The lowest BCUT2D eigenvalue weighted by molar-refractivity contribution is -0.163. The Balaban J connectivity index is 1.72. The molecule has 0 saturated carbocycles. The number of amides is 2. The summed E-state index contributed by atoms with van der Waals surface area (Å²) in [6, 6.07) is -0.119. The van der Waals surface area contributed by atoms with Crippen LogP contribution in [0.2, 0.25) is 0 Å². The fourth-order valence-electron chi connectivity index (χ4n) is 4.15. The Hall–Kier alpha value is -1.58. The molecule has 144 valence electrons. The summed E-state index contributed by atoms with van der Waals surface area (Å²) in [6.45, 7) is 6.24. The van der Waals surface area contributed by atoms with Gasteiger partial charge in [0.05, 0.1) is 18.1 Å². The topological polar surface area (TPSA) is 119 Å². The van der Waals surface area contributed by atoms with Gasteiger partial charge in [0.2, 0.25) is 11.8 Å². The number of carbonyl (C=O) groups excluding carboxylic acids is 2. The molecular formula is C17H25N3O5S. The third-order valence-electron chi connectivity index (χ3n) is 5.38. The maximum atomic E-state index is 12.3. The van der Waals surface area contributed by atoms with E-state index >= 15 is 0 Å². The number of aliphatic hydroxyl groups is 1. The first-order valence-corrected chi connectivity index (χ1v) is 9.73. The van der Waals surface area contributed by atoms with Gasteiger partial charge in [-0.1, -0.05) is 6.92 Å². The molecule has 3 aliphatic rings. The Morgan fingerprint density at radius 1 is 1.46 bits per heavy atom. The Kier molecular flexibility index (Phi) is 5.32. The minimum atomic E-state index is -1.10. The van der Waals surface area contributed by atoms with Crippen LogP contribution in [0.1, 0.15) is 27.2 Å². The first kappa shape index (κ1) is 19.2. The Morgan fingerprint density at radius 2 is 2.15 bits per heavy atom. The van der Waals surface area contributed by atoms with Gasteiger partial charge in [0.15, 0.2) is 0 Å². The van der Waals surface area contributed by atoms with Crippen LogP contribution in [0, 0.1) is 11.8 Å². The minimum Gasteiger partial charge on any atom is -0.477 e. The van der Waals surface area contributed by atoms with Crippen LogP contribution < -0.4 is 10.6 Å². The largest absolute Gasteiger partial charge is 0.477 e. The van der Waals surface area contributed by atoms with Crippen molar-refractivity contribution in [2.75, 3.05) is 13.1 Å². The van der Waals surface area contributed by atoms with Crippen molar-refractivity contribution < 1.29 is 24.6 Å². The smallest absolute Gasteiger partial charge is 0.353 e. The lowest BCUT2D eigenvalue weighted by atomic mass is 9.79. The summed E-state index contributed by atoms with van der Waals surface area (Å²) in [7, 11) is 0. The Labute approximate surface area is 156 Å². The second-order valence-corrected chi connectivity index (χ2v) is 8.63. The van der Waals surface area contributed by atoms with E-state index < -0.39 is 18.0 Å². The van der Waals surface area contributed by atoms with Crippen molar-refractivity contribution >= 4 is 29.5 Å². The first-order chi connectivity index (χ1) is 12.2. The highest BCUT2D eigenvalue weighted by Crippen LogP contribution is 2.51. The van der Waals surface area contributed by atoms with Crippen molar-refractivity contribution in [1.82, 2.24) is 15.5 Å². The molecule has 2 fully saturated rings. The molecule has 9 heteroatoms. The van der Waals surface area contributed by atoms with Crippen LogP contribution in [0.15, 0.2) is 10.6 Å². The molecule has 0 aromatic rings. The van der Waals surface area contributed by atoms with Gasteiger partial charge in [-0.25, -0.2) is 4.79 Å². The van der Waals surface area contributed by atoms with E-state index in [4.69, 9.17) is 0 Å². The standard InChI is InChI=1S/C17H25N3O5S/c1-7-13-12(8(2)21)16(23)20(13)14(17(24)25)15(7)26-11-4-10(19-6-11)5-18-9(3)22/h7-8,10-13,19,21H,4-6H2,1-3H3,(H,18,22)(H,24,25)/t7-,8-,10+,11-,12-,13-/m1/s1. The van der Waals surface area contributed by atoms with Crippen LogP contribution in [0.25, 0.3) is 0 Å². The first-order valence-electron chi connectivity index (χ1n) is 8.85. The summed E-state index contributed by atoms with van der Waals surface area (Å²) in [4.78, 5) is 37.2. The zero-order chi connectivity index (χ0) is 19.2. The highest BCUT2D eigenvalue weighted by molar-refractivity contribution is 8.03. The van der Waals surface area contributed by atoms with Crippen LogP contribution in [-0.2, 0) is 14.4 Å². The van der Waals surface area contributed by atoms with Crippen molar-refractivity contribution in [3.8, 4) is 0 Å². The maximum absolute atomic E-state index is 12.3. The Bertz CT molecular complexity index is 665. The van der Waals surface area contributed by atoms with E-state index in [0.717, 1.165) is 13.0 Å². The second-order valence-electron chi connectivity index (χ2n) is 7.29. The van der Waals surface area contributed by atoms with E-state index in [0.29, 0.717) is 11.4 Å². The van der Waals surface area contributed by atoms with Crippen LogP contribution in [-0.4, -0.2) is 69.4 Å². The summed E-state index contributed by atoms with van der Waals surface area (Å²) in [5.74, 6) is -2.13. The van der Waals surface area contributed by atoms with Gasteiger partial charge >= 0.3 is 5.97 Å². The molecular weight excluding hydrogens is 358 g/mol. The third-order valence-corrected chi connectivity index (χ3v) is 6.90. The zero-order valence-electron chi connectivity index (χ0n) is 15.1. The van der Waals surface area contributed by atoms with Gasteiger partial charge in [0, 0.05) is 42.1 Å². The SMILES string of the molecule is CC(=O)NC[C@@H]1C[C@@H](SC2=C(C(=O)O)N3C(=O)[C@H]([C@@H](C)O)[C@H]3[C@H]2C)CN1. The summed E-state index contributed by atoms with van der Waals surface area (Å²) in [5, 5.41) is 25.8. The molecule has 3 aliphatic heterocycles. The number of thioether (sulfide) groups is 1. The van der Waals surface area contributed by atoms with Crippen molar-refractivity contribution in [2.45, 2.75) is 50.6 Å². The van der Waals surface area contributed by atoms with Crippen molar-refractivity contribution in [1.29, 1.82) is 0 Å². The van der Waals surface area contributed by atoms with Crippen LogP contribution >= 0.6 is 11.8 Å². The molecule has 0 unspecified atom stereocenters. The van der Waals surface area contributed by atoms with Crippen LogP contribution in [0.3, 0.4) is 0 Å². The number of carboxylic acids is 1. The highest BCUT2D eigenvalue weighted by Gasteiger charge is 2.60. The quantitative estimate of drug-likeness (QED) is 0.467. The highest BCUT2D eigenvalue weighted by atomic mass is 32.2. The molecule has 0 aromatic carbocycles. The number of carbonyl (C=O) groups is 3. The van der Waals surface area contributed by atoms with Gasteiger partial charge in [-0.2, -0.15) is 0 Å². The fraction of sp³-hybridized carbons (Fsp3) is 0.706. The van der Waals surface area contributed by atoms with E-state index in [1.165, 1.54) is 23.6 Å². The lowest BCUT2D eigenvalue weighted by Crippen LogP contribution is -2.63. The van der Waals surface area contributed by atoms with Crippen molar-refractivity contribution in [3.05, 3.63) is 10.6 Å². The monoisotopic (exact) mass is 383 g/mol. The molecule has 0 bridgehead atoms. The predicted molar refractivity (Wildman–Crippen MR) is 96.1 cm³/mol. The summed E-state index contributed by atoms with van der Waals surface area (Å²) in [6.07, 6.45) is 0.0211. The molecule has 2 amide bonds. The van der Waals surface area contributed by atoms with Gasteiger partial charge in [0.1, 0.15) is 5.70 Å². The number of aliphatic hydroxyl groups excluding tert-OH is 1. The van der Waals surface area contributed by atoms with E-state index in [1.54, 1.807) is 6.92 Å². The maximum Gasteiger partial charge on any atom is 0.353 e. The number of aliphatic carboxylic acids is 1. The van der Waals surface area contributed by atoms with Gasteiger partial charge in [0.25, 0.3) is 0 Å². The molecule has 3 heterocycles. The molecule has 3 rings (SSSR count). The predicted octanol–water partition coefficient (Wildman–Crippen LogP) is -0.260. The van der Waals surface area contributed by atoms with Crippen molar-refractivity contribution in [3.63, 3.8) is 0 Å². The summed E-state index contributed by atoms with van der Waals surface area (Å²) < 4.78 is 0. The van der Waals surface area contributed by atoms with Gasteiger partial charge in [-0.05, 0) is 13.3 Å². The summed E-state index contributed by atoms with van der Waals surface area (Å²) in [5.41, 5.74) is 0.0692. The molecule has 0 spiro atoms. The molecule has 0 aliphatic carbocycles. The number of carboxylic acid groups (broad SMARTS) is 1. The lowest BCUT2D eigenvalue weighted by Gasteiger charge is -2.46. The minimum absolute atomic E-state index is 0.0692. The number of rotatable bonds is 6. The number of hydrogen-bond acceptors (Lipinski definition) is 6. The number of fused-ring (bicyclic) bond motifs is 1. The number of nitrogens with zero attached hydrogens (tertiary/aromatic N) is 1. The van der Waals surface area contributed by atoms with Gasteiger partial charge in [-0.3, -0.25) is 9.59 Å². The fourth-order valence-corrected chi connectivity index (χ4v) is 5.67. The second kappa shape index (κ2) is 7.21. The number of nitrogens with one attached hydrogen (secondary N) is 2. The summed E-state index contributed by atoms with van der Waals surface area (Å²) >= 11 is 1.51. The normalized spacial score (nSPS) is 34.5. The molecule has 0 radical (unpaired) electrons. The number of β-lactam (4-membered cyclic amide) rings is 1. The number of hydrogen-bond donors (Lipinski definition) is 4. The van der Waals surface area contributed by atoms with E-state index in [1.807, 2.05) is 6.92 Å². The molecule has 2 saturated heterocycles.